The van der Waals surface area contributed by atoms with E-state index >= 15 is 0 Å². The first kappa shape index (κ1) is 14.0. The van der Waals surface area contributed by atoms with E-state index in [1.54, 1.807) is 6.07 Å². The Hall–Kier alpha value is -0.450. The monoisotopic (exact) mass is 314 g/mol. The molecule has 1 atom stereocenters. The summed E-state index contributed by atoms with van der Waals surface area (Å²) in [7, 11) is 0. The molecule has 1 aromatic rings. The van der Waals surface area contributed by atoms with E-state index in [1.807, 2.05) is 12.1 Å². The SMILES string of the molecule is CCC[C@@H](c1ccc(F)c(Br)c1)N1CCNCC1. The number of rotatable bonds is 4. The summed E-state index contributed by atoms with van der Waals surface area (Å²) < 4.78 is 13.9. The third-order valence-electron chi connectivity index (χ3n) is 3.48. The zero-order valence-corrected chi connectivity index (χ0v) is 12.3. The number of halogens is 2. The lowest BCUT2D eigenvalue weighted by atomic mass is 10.00. The van der Waals surface area contributed by atoms with Crippen LogP contribution in [0.3, 0.4) is 0 Å². The third kappa shape index (κ3) is 3.31. The quantitative estimate of drug-likeness (QED) is 0.917. The standard InChI is InChI=1S/C14H20BrFN2/c1-2-3-14(18-8-6-17-7-9-18)11-4-5-13(16)12(15)10-11/h4-5,10,14,17H,2-3,6-9H2,1H3/t14-/m0/s1. The van der Waals surface area contributed by atoms with Gasteiger partial charge in [-0.05, 0) is 40.0 Å². The Labute approximate surface area is 117 Å². The Morgan fingerprint density at radius 1 is 1.39 bits per heavy atom. The largest absolute Gasteiger partial charge is 0.314 e. The van der Waals surface area contributed by atoms with E-state index in [2.05, 4.69) is 33.1 Å². The maximum atomic E-state index is 13.3. The predicted molar refractivity (Wildman–Crippen MR) is 76.2 cm³/mol. The molecule has 1 aromatic carbocycles. The molecule has 18 heavy (non-hydrogen) atoms. The zero-order chi connectivity index (χ0) is 13.0. The highest BCUT2D eigenvalue weighted by Gasteiger charge is 2.21. The maximum Gasteiger partial charge on any atom is 0.137 e. The molecule has 1 N–H and O–H groups in total. The molecule has 0 bridgehead atoms. The van der Waals surface area contributed by atoms with Gasteiger partial charge in [-0.2, -0.15) is 0 Å². The first-order valence-corrected chi connectivity index (χ1v) is 7.41. The molecular weight excluding hydrogens is 295 g/mol. The van der Waals surface area contributed by atoms with Crippen LogP contribution in [0.15, 0.2) is 22.7 Å². The van der Waals surface area contributed by atoms with E-state index in [0.29, 0.717) is 10.5 Å². The Morgan fingerprint density at radius 2 is 2.11 bits per heavy atom. The first-order valence-electron chi connectivity index (χ1n) is 6.62. The van der Waals surface area contributed by atoms with Gasteiger partial charge in [0.25, 0.3) is 0 Å². The van der Waals surface area contributed by atoms with Gasteiger partial charge in [-0.15, -0.1) is 0 Å². The van der Waals surface area contributed by atoms with Crippen molar-refractivity contribution < 1.29 is 4.39 Å². The predicted octanol–water partition coefficient (Wildman–Crippen LogP) is 3.33. The van der Waals surface area contributed by atoms with E-state index in [0.717, 1.165) is 39.0 Å². The van der Waals surface area contributed by atoms with Crippen molar-refractivity contribution in [2.45, 2.75) is 25.8 Å². The van der Waals surface area contributed by atoms with Crippen molar-refractivity contribution in [1.29, 1.82) is 0 Å². The molecule has 1 heterocycles. The van der Waals surface area contributed by atoms with Gasteiger partial charge in [-0.3, -0.25) is 4.90 Å². The molecule has 1 aliphatic rings. The summed E-state index contributed by atoms with van der Waals surface area (Å²) in [4.78, 5) is 2.50. The van der Waals surface area contributed by atoms with Gasteiger partial charge in [0.1, 0.15) is 5.82 Å². The first-order chi connectivity index (χ1) is 8.72. The lowest BCUT2D eigenvalue weighted by Crippen LogP contribution is -2.45. The van der Waals surface area contributed by atoms with Crippen LogP contribution in [-0.4, -0.2) is 31.1 Å². The van der Waals surface area contributed by atoms with Crippen LogP contribution in [-0.2, 0) is 0 Å². The van der Waals surface area contributed by atoms with Gasteiger partial charge in [0, 0.05) is 32.2 Å². The van der Waals surface area contributed by atoms with Crippen LogP contribution < -0.4 is 5.32 Å². The second-order valence-corrected chi connectivity index (χ2v) is 5.62. The average molecular weight is 315 g/mol. The second-order valence-electron chi connectivity index (χ2n) is 4.76. The van der Waals surface area contributed by atoms with Crippen LogP contribution in [0.5, 0.6) is 0 Å². The van der Waals surface area contributed by atoms with Crippen molar-refractivity contribution in [2.75, 3.05) is 26.2 Å². The van der Waals surface area contributed by atoms with Crippen molar-refractivity contribution in [1.82, 2.24) is 10.2 Å². The molecule has 0 aliphatic carbocycles. The number of nitrogens with one attached hydrogen (secondary N) is 1. The molecule has 1 saturated heterocycles. The molecular formula is C14H20BrFN2. The van der Waals surface area contributed by atoms with E-state index in [-0.39, 0.29) is 5.82 Å². The minimum Gasteiger partial charge on any atom is -0.314 e. The lowest BCUT2D eigenvalue weighted by molar-refractivity contribution is 0.164. The molecule has 0 amide bonds. The van der Waals surface area contributed by atoms with E-state index in [1.165, 1.54) is 5.56 Å². The van der Waals surface area contributed by atoms with Gasteiger partial charge >= 0.3 is 0 Å². The molecule has 100 valence electrons. The van der Waals surface area contributed by atoms with Crippen LogP contribution in [0, 0.1) is 5.82 Å². The molecule has 2 nitrogen and oxygen atoms in total. The number of piperazine rings is 1. The van der Waals surface area contributed by atoms with Gasteiger partial charge in [0.2, 0.25) is 0 Å². The fourth-order valence-corrected chi connectivity index (χ4v) is 2.94. The van der Waals surface area contributed by atoms with E-state index in [9.17, 15) is 4.39 Å². The number of benzene rings is 1. The van der Waals surface area contributed by atoms with Crippen LogP contribution in [0.4, 0.5) is 4.39 Å². The molecule has 0 radical (unpaired) electrons. The molecule has 1 aliphatic heterocycles. The molecule has 0 aromatic heterocycles. The topological polar surface area (TPSA) is 15.3 Å². The average Bonchev–Trinajstić information content (AvgIpc) is 2.40. The minimum atomic E-state index is -0.186. The van der Waals surface area contributed by atoms with Gasteiger partial charge in [-0.25, -0.2) is 4.39 Å². The lowest BCUT2D eigenvalue weighted by Gasteiger charge is -2.35. The fraction of sp³-hybridized carbons (Fsp3) is 0.571. The van der Waals surface area contributed by atoms with Gasteiger partial charge in [0.05, 0.1) is 4.47 Å². The van der Waals surface area contributed by atoms with Crippen molar-refractivity contribution in [3.05, 3.63) is 34.1 Å². The molecule has 0 spiro atoms. The Balaban J connectivity index is 2.19. The normalized spacial score (nSPS) is 18.8. The highest BCUT2D eigenvalue weighted by Crippen LogP contribution is 2.29. The summed E-state index contributed by atoms with van der Waals surface area (Å²) in [5.41, 5.74) is 1.21. The van der Waals surface area contributed by atoms with Gasteiger partial charge in [-0.1, -0.05) is 19.4 Å². The summed E-state index contributed by atoms with van der Waals surface area (Å²) >= 11 is 3.28. The number of hydrogen-bond donors (Lipinski definition) is 1. The van der Waals surface area contributed by atoms with Crippen molar-refractivity contribution in [3.8, 4) is 0 Å². The Bertz CT molecular complexity index is 391. The van der Waals surface area contributed by atoms with Crippen LogP contribution >= 0.6 is 15.9 Å². The number of nitrogens with zero attached hydrogens (tertiary/aromatic N) is 1. The van der Waals surface area contributed by atoms with Crippen LogP contribution in [0.1, 0.15) is 31.4 Å². The van der Waals surface area contributed by atoms with Crippen molar-refractivity contribution in [3.63, 3.8) is 0 Å². The summed E-state index contributed by atoms with van der Waals surface area (Å²) in [5, 5.41) is 3.37. The molecule has 1 fully saturated rings. The van der Waals surface area contributed by atoms with E-state index in [4.69, 9.17) is 0 Å². The second kappa shape index (κ2) is 6.64. The van der Waals surface area contributed by atoms with E-state index < -0.39 is 0 Å². The van der Waals surface area contributed by atoms with Crippen LogP contribution in [0.25, 0.3) is 0 Å². The van der Waals surface area contributed by atoms with Gasteiger partial charge < -0.3 is 5.32 Å². The fourth-order valence-electron chi connectivity index (χ4n) is 2.55. The van der Waals surface area contributed by atoms with Crippen molar-refractivity contribution >= 4 is 15.9 Å². The molecule has 4 heteroatoms. The van der Waals surface area contributed by atoms with Gasteiger partial charge in [0.15, 0.2) is 0 Å². The minimum absolute atomic E-state index is 0.186. The highest BCUT2D eigenvalue weighted by molar-refractivity contribution is 9.10. The third-order valence-corrected chi connectivity index (χ3v) is 4.09. The highest BCUT2D eigenvalue weighted by atomic mass is 79.9. The Kier molecular flexibility index (Phi) is 5.15. The Morgan fingerprint density at radius 3 is 2.72 bits per heavy atom. The van der Waals surface area contributed by atoms with Crippen molar-refractivity contribution in [2.24, 2.45) is 0 Å². The smallest absolute Gasteiger partial charge is 0.137 e. The molecule has 2 rings (SSSR count). The van der Waals surface area contributed by atoms with Crippen LogP contribution in [0.2, 0.25) is 0 Å². The molecule has 0 saturated carbocycles. The summed E-state index contributed by atoms with van der Waals surface area (Å²) in [6.45, 7) is 6.43. The number of hydrogen-bond acceptors (Lipinski definition) is 2. The summed E-state index contributed by atoms with van der Waals surface area (Å²) in [5.74, 6) is -0.186. The molecule has 0 unspecified atom stereocenters. The summed E-state index contributed by atoms with van der Waals surface area (Å²) in [6.07, 6.45) is 2.27. The zero-order valence-electron chi connectivity index (χ0n) is 10.8. The maximum absolute atomic E-state index is 13.3. The summed E-state index contributed by atoms with van der Waals surface area (Å²) in [6, 6.07) is 5.82.